The summed E-state index contributed by atoms with van der Waals surface area (Å²) in [5, 5.41) is 8.96. The van der Waals surface area contributed by atoms with E-state index < -0.39 is 5.97 Å². The molecule has 6 heteroatoms. The number of nitrogens with zero attached hydrogens (tertiary/aromatic N) is 2. The Bertz CT molecular complexity index is 553. The minimum Gasteiger partial charge on any atom is -0.496 e. The second kappa shape index (κ2) is 9.30. The predicted molar refractivity (Wildman–Crippen MR) is 98.0 cm³/mol. The third-order valence-electron chi connectivity index (χ3n) is 4.65. The maximum absolute atomic E-state index is 10.9. The van der Waals surface area contributed by atoms with Crippen LogP contribution in [0.15, 0.2) is 23.1 Å². The number of carbonyl (C=O) groups is 1. The fraction of sp³-hybridized carbons (Fsp3) is 0.611. The Hall–Kier alpha value is -1.24. The van der Waals surface area contributed by atoms with Gasteiger partial charge in [0.15, 0.2) is 0 Å². The number of likely N-dealkylation sites (tertiary alicyclic amines) is 1. The summed E-state index contributed by atoms with van der Waals surface area (Å²) in [6.07, 6.45) is 5.24. The van der Waals surface area contributed by atoms with Crippen molar-refractivity contribution in [3.63, 3.8) is 0 Å². The van der Waals surface area contributed by atoms with E-state index in [0.717, 1.165) is 49.5 Å². The van der Waals surface area contributed by atoms with Gasteiger partial charge >= 0.3 is 5.97 Å². The highest BCUT2D eigenvalue weighted by Crippen LogP contribution is 2.29. The van der Waals surface area contributed by atoms with Crippen molar-refractivity contribution in [1.82, 2.24) is 9.80 Å². The van der Waals surface area contributed by atoms with Crippen LogP contribution in [0.3, 0.4) is 0 Å². The van der Waals surface area contributed by atoms with Gasteiger partial charge in [0.2, 0.25) is 0 Å². The summed E-state index contributed by atoms with van der Waals surface area (Å²) in [7, 11) is 3.63. The first-order chi connectivity index (χ1) is 11.5. The normalized spacial score (nSPS) is 19.2. The number of thioether (sulfide) groups is 1. The molecule has 0 spiro atoms. The maximum atomic E-state index is 10.9. The van der Waals surface area contributed by atoms with Gasteiger partial charge in [0.05, 0.1) is 13.7 Å². The van der Waals surface area contributed by atoms with E-state index >= 15 is 0 Å². The molecule has 0 saturated carbocycles. The van der Waals surface area contributed by atoms with Crippen molar-refractivity contribution in [2.24, 2.45) is 0 Å². The third-order valence-corrected chi connectivity index (χ3v) is 5.43. The largest absolute Gasteiger partial charge is 0.496 e. The summed E-state index contributed by atoms with van der Waals surface area (Å²) in [4.78, 5) is 16.5. The Balaban J connectivity index is 1.93. The van der Waals surface area contributed by atoms with Crippen LogP contribution in [0, 0.1) is 0 Å². The van der Waals surface area contributed by atoms with Gasteiger partial charge in [-0.25, -0.2) is 0 Å². The molecule has 24 heavy (non-hydrogen) atoms. The lowest BCUT2D eigenvalue weighted by atomic mass is 10.1. The second-order valence-electron chi connectivity index (χ2n) is 6.36. The first kappa shape index (κ1) is 19.1. The number of ether oxygens (including phenoxy) is 1. The first-order valence-corrected chi connectivity index (χ1v) is 9.61. The zero-order chi connectivity index (χ0) is 17.5. The zero-order valence-corrected chi connectivity index (χ0v) is 15.6. The molecule has 0 aromatic heterocycles. The van der Waals surface area contributed by atoms with Crippen LogP contribution >= 0.6 is 11.8 Å². The lowest BCUT2D eigenvalue weighted by Crippen LogP contribution is -2.36. The molecule has 1 fully saturated rings. The Kier molecular flexibility index (Phi) is 7.40. The molecule has 1 N–H and O–H groups in total. The molecule has 1 unspecified atom stereocenters. The maximum Gasteiger partial charge on any atom is 0.317 e. The van der Waals surface area contributed by atoms with E-state index in [0.29, 0.717) is 6.04 Å². The van der Waals surface area contributed by atoms with Gasteiger partial charge in [-0.2, -0.15) is 0 Å². The number of carboxylic acid groups (broad SMARTS) is 1. The van der Waals surface area contributed by atoms with Gasteiger partial charge in [-0.05, 0) is 63.4 Å². The van der Waals surface area contributed by atoms with Gasteiger partial charge in [-0.15, -0.1) is 11.8 Å². The van der Waals surface area contributed by atoms with E-state index in [1.54, 1.807) is 18.9 Å². The topological polar surface area (TPSA) is 53.0 Å². The summed E-state index contributed by atoms with van der Waals surface area (Å²) < 4.78 is 5.47. The van der Waals surface area contributed by atoms with Crippen molar-refractivity contribution in [1.29, 1.82) is 0 Å². The molecular weight excluding hydrogens is 324 g/mol. The number of aliphatic carboxylic acids is 1. The molecule has 5 nitrogen and oxygen atoms in total. The molecule has 1 aliphatic heterocycles. The van der Waals surface area contributed by atoms with Crippen LogP contribution in [-0.4, -0.2) is 67.0 Å². The number of benzene rings is 1. The van der Waals surface area contributed by atoms with E-state index in [4.69, 9.17) is 9.84 Å². The summed E-state index contributed by atoms with van der Waals surface area (Å²) in [6.45, 7) is 3.10. The Morgan fingerprint density at radius 1 is 1.42 bits per heavy atom. The van der Waals surface area contributed by atoms with Crippen molar-refractivity contribution in [3.8, 4) is 5.75 Å². The molecule has 1 aromatic rings. The lowest BCUT2D eigenvalue weighted by molar-refractivity contribution is -0.138. The average Bonchev–Trinajstić information content (AvgIpc) is 2.79. The van der Waals surface area contributed by atoms with Gasteiger partial charge < -0.3 is 9.84 Å². The monoisotopic (exact) mass is 352 g/mol. The summed E-state index contributed by atoms with van der Waals surface area (Å²) >= 11 is 1.69. The molecule has 2 rings (SSSR count). The highest BCUT2D eigenvalue weighted by atomic mass is 32.2. The quantitative estimate of drug-likeness (QED) is 0.762. The molecule has 1 heterocycles. The van der Waals surface area contributed by atoms with Crippen LogP contribution in [0.25, 0.3) is 0 Å². The minimum absolute atomic E-state index is 0.123. The molecule has 1 aromatic carbocycles. The van der Waals surface area contributed by atoms with Crippen LogP contribution in [-0.2, 0) is 11.3 Å². The van der Waals surface area contributed by atoms with Gasteiger partial charge in [0, 0.05) is 17.5 Å². The Morgan fingerprint density at radius 2 is 2.21 bits per heavy atom. The lowest BCUT2D eigenvalue weighted by Gasteiger charge is -2.25. The van der Waals surface area contributed by atoms with E-state index in [1.165, 1.54) is 5.56 Å². The minimum atomic E-state index is -0.750. The summed E-state index contributed by atoms with van der Waals surface area (Å²) in [6, 6.07) is 6.79. The highest BCUT2D eigenvalue weighted by molar-refractivity contribution is 7.98. The number of hydrogen-bond donors (Lipinski definition) is 1. The average molecular weight is 353 g/mol. The van der Waals surface area contributed by atoms with Gasteiger partial charge in [0.25, 0.3) is 0 Å². The molecule has 1 aliphatic rings. The Labute approximate surface area is 149 Å². The predicted octanol–water partition coefficient (Wildman–Crippen LogP) is 2.79. The number of carboxylic acids is 1. The number of methoxy groups -OCH3 is 1. The van der Waals surface area contributed by atoms with Crippen molar-refractivity contribution in [2.75, 3.05) is 40.0 Å². The van der Waals surface area contributed by atoms with Crippen LogP contribution in [0.2, 0.25) is 0 Å². The molecule has 0 bridgehead atoms. The second-order valence-corrected chi connectivity index (χ2v) is 7.21. The van der Waals surface area contributed by atoms with Crippen LogP contribution in [0.5, 0.6) is 5.75 Å². The first-order valence-electron chi connectivity index (χ1n) is 8.38. The van der Waals surface area contributed by atoms with E-state index in [1.807, 2.05) is 11.9 Å². The molecular formula is C18H28N2O3S. The number of likely N-dealkylation sites (N-methyl/N-ethyl adjacent to an activating group) is 1. The van der Waals surface area contributed by atoms with E-state index in [-0.39, 0.29) is 6.54 Å². The third kappa shape index (κ3) is 5.40. The van der Waals surface area contributed by atoms with Gasteiger partial charge in [0.1, 0.15) is 5.75 Å². The summed E-state index contributed by atoms with van der Waals surface area (Å²) in [5.74, 6) is 0.188. The number of rotatable bonds is 7. The smallest absolute Gasteiger partial charge is 0.317 e. The Morgan fingerprint density at radius 3 is 2.88 bits per heavy atom. The number of hydrogen-bond acceptors (Lipinski definition) is 5. The SMILES string of the molecule is COc1cc(CN2CCCC(N(C)CC(=O)O)CC2)ccc1SC. The van der Waals surface area contributed by atoms with E-state index in [2.05, 4.69) is 29.4 Å². The van der Waals surface area contributed by atoms with Crippen molar-refractivity contribution in [3.05, 3.63) is 23.8 Å². The van der Waals surface area contributed by atoms with Crippen LogP contribution in [0.4, 0.5) is 0 Å². The fourth-order valence-corrected chi connectivity index (χ4v) is 3.86. The standard InChI is InChI=1S/C18H28N2O3S/c1-19(13-18(21)22)15-5-4-9-20(10-8-15)12-14-6-7-17(24-3)16(11-14)23-2/h6-7,11,15H,4-5,8-10,12-13H2,1-3H3,(H,21,22). The molecule has 0 aliphatic carbocycles. The fourth-order valence-electron chi connectivity index (χ4n) is 3.32. The van der Waals surface area contributed by atoms with Crippen LogP contribution < -0.4 is 4.74 Å². The van der Waals surface area contributed by atoms with Gasteiger partial charge in [-0.1, -0.05) is 6.07 Å². The zero-order valence-electron chi connectivity index (χ0n) is 14.8. The molecule has 0 amide bonds. The van der Waals surface area contributed by atoms with E-state index in [9.17, 15) is 4.79 Å². The molecule has 0 radical (unpaired) electrons. The van der Waals surface area contributed by atoms with Gasteiger partial charge in [-0.3, -0.25) is 14.6 Å². The molecule has 134 valence electrons. The molecule has 1 atom stereocenters. The van der Waals surface area contributed by atoms with Crippen molar-refractivity contribution < 1.29 is 14.6 Å². The highest BCUT2D eigenvalue weighted by Gasteiger charge is 2.21. The van der Waals surface area contributed by atoms with Crippen LogP contribution in [0.1, 0.15) is 24.8 Å². The molecule has 1 saturated heterocycles. The van der Waals surface area contributed by atoms with Crippen molar-refractivity contribution >= 4 is 17.7 Å². The van der Waals surface area contributed by atoms with Crippen molar-refractivity contribution in [2.45, 2.75) is 36.7 Å². The summed E-state index contributed by atoms with van der Waals surface area (Å²) in [5.41, 5.74) is 1.27.